The van der Waals surface area contributed by atoms with E-state index in [0.29, 0.717) is 6.42 Å². The summed E-state index contributed by atoms with van der Waals surface area (Å²) < 4.78 is 0. The minimum Gasteiger partial charge on any atom is -0.316 e. The van der Waals surface area contributed by atoms with Crippen LogP contribution in [0.25, 0.3) is 0 Å². The molecule has 2 N–H and O–H groups in total. The first-order valence-corrected chi connectivity index (χ1v) is 4.44. The normalized spacial score (nSPS) is 15.3. The molecule has 14 heavy (non-hydrogen) atoms. The molecule has 0 aliphatic rings. The Bertz CT molecular complexity index is 216. The highest BCUT2D eigenvalue weighted by Crippen LogP contribution is 2.00. The average molecular weight is 200 g/mol. The van der Waals surface area contributed by atoms with Crippen molar-refractivity contribution in [1.82, 2.24) is 5.48 Å². The minimum atomic E-state index is -0.727. The summed E-state index contributed by atoms with van der Waals surface area (Å²) in [6.07, 6.45) is 6.19. The summed E-state index contributed by atoms with van der Waals surface area (Å²) in [7, 11) is 0. The molecular formula is C9H16N2O3. The van der Waals surface area contributed by atoms with Crippen molar-refractivity contribution in [2.24, 2.45) is 0 Å². The molecule has 80 valence electrons. The average Bonchev–Trinajstić information content (AvgIpc) is 2.17. The number of hydrogen-bond acceptors (Lipinski definition) is 4. The van der Waals surface area contributed by atoms with Crippen molar-refractivity contribution in [3.05, 3.63) is 34.9 Å². The van der Waals surface area contributed by atoms with Crippen molar-refractivity contribution < 1.29 is 10.1 Å². The molecule has 0 amide bonds. The Hall–Kier alpha value is -1.20. The maximum Gasteiger partial charge on any atom is 0.228 e. The van der Waals surface area contributed by atoms with E-state index in [-0.39, 0.29) is 6.04 Å². The summed E-state index contributed by atoms with van der Waals surface area (Å²) in [5.41, 5.74) is 2.07. The van der Waals surface area contributed by atoms with Crippen LogP contribution in [0.3, 0.4) is 0 Å². The number of rotatable bonds is 7. The van der Waals surface area contributed by atoms with Crippen LogP contribution in [0.1, 0.15) is 19.8 Å². The highest BCUT2D eigenvalue weighted by Gasteiger charge is 2.08. The van der Waals surface area contributed by atoms with Crippen LogP contribution >= 0.6 is 0 Å². The predicted octanol–water partition coefficient (Wildman–Crippen LogP) is 1.52. The monoisotopic (exact) mass is 200 g/mol. The predicted molar refractivity (Wildman–Crippen MR) is 53.7 cm³/mol. The zero-order valence-electron chi connectivity index (χ0n) is 8.22. The second-order valence-electron chi connectivity index (χ2n) is 3.01. The second-order valence-corrected chi connectivity index (χ2v) is 3.01. The van der Waals surface area contributed by atoms with Gasteiger partial charge in [0, 0.05) is 11.8 Å². The van der Waals surface area contributed by atoms with E-state index in [1.54, 1.807) is 12.2 Å². The van der Waals surface area contributed by atoms with Gasteiger partial charge in [0.05, 0.1) is 6.04 Å². The number of hydrogen-bond donors (Lipinski definition) is 2. The van der Waals surface area contributed by atoms with E-state index in [9.17, 15) is 10.1 Å². The van der Waals surface area contributed by atoms with Gasteiger partial charge in [0.25, 0.3) is 0 Å². The summed E-state index contributed by atoms with van der Waals surface area (Å²) in [5, 5.41) is 19.0. The van der Waals surface area contributed by atoms with E-state index in [1.165, 1.54) is 13.0 Å². The van der Waals surface area contributed by atoms with Crippen LogP contribution in [0.2, 0.25) is 0 Å². The highest BCUT2D eigenvalue weighted by molar-refractivity contribution is 4.95. The summed E-state index contributed by atoms with van der Waals surface area (Å²) in [4.78, 5) is 9.88. The molecule has 0 bridgehead atoms. The van der Waals surface area contributed by atoms with Gasteiger partial charge in [0.1, 0.15) is 0 Å². The number of hydroxylamine groups is 1. The van der Waals surface area contributed by atoms with Crippen LogP contribution in [0, 0.1) is 10.1 Å². The van der Waals surface area contributed by atoms with E-state index in [1.807, 2.05) is 0 Å². The van der Waals surface area contributed by atoms with Crippen molar-refractivity contribution in [3.8, 4) is 0 Å². The van der Waals surface area contributed by atoms with E-state index in [0.717, 1.165) is 6.42 Å². The SMILES string of the molecule is C=CCCC(C=CC(C)[N+](=O)[O-])NO. The molecule has 0 fully saturated rings. The molecule has 0 aromatic rings. The first-order chi connectivity index (χ1) is 6.61. The Morgan fingerprint density at radius 2 is 2.29 bits per heavy atom. The van der Waals surface area contributed by atoms with Crippen molar-refractivity contribution in [2.75, 3.05) is 0 Å². The highest BCUT2D eigenvalue weighted by atomic mass is 16.6. The van der Waals surface area contributed by atoms with E-state index in [4.69, 9.17) is 5.21 Å². The largest absolute Gasteiger partial charge is 0.316 e. The molecule has 0 aliphatic heterocycles. The zero-order chi connectivity index (χ0) is 11.0. The maximum absolute atomic E-state index is 10.3. The number of allylic oxidation sites excluding steroid dienone is 1. The fourth-order valence-corrected chi connectivity index (χ4v) is 0.866. The van der Waals surface area contributed by atoms with E-state index in [2.05, 4.69) is 12.1 Å². The van der Waals surface area contributed by atoms with Gasteiger partial charge in [0.15, 0.2) is 0 Å². The van der Waals surface area contributed by atoms with Crippen LogP contribution in [-0.2, 0) is 0 Å². The Kier molecular flexibility index (Phi) is 6.61. The number of nitro groups is 1. The lowest BCUT2D eigenvalue weighted by molar-refractivity contribution is -0.504. The third kappa shape index (κ3) is 5.45. The first-order valence-electron chi connectivity index (χ1n) is 4.44. The van der Waals surface area contributed by atoms with Gasteiger partial charge in [0.2, 0.25) is 6.04 Å². The summed E-state index contributed by atoms with van der Waals surface area (Å²) in [6, 6.07) is -0.981. The van der Waals surface area contributed by atoms with Crippen LogP contribution in [0.15, 0.2) is 24.8 Å². The fourth-order valence-electron chi connectivity index (χ4n) is 0.866. The topological polar surface area (TPSA) is 75.4 Å². The third-order valence-corrected chi connectivity index (χ3v) is 1.80. The Labute approximate surface area is 83.2 Å². The van der Waals surface area contributed by atoms with Gasteiger partial charge in [-0.3, -0.25) is 10.1 Å². The van der Waals surface area contributed by atoms with Crippen molar-refractivity contribution in [2.45, 2.75) is 31.8 Å². The van der Waals surface area contributed by atoms with Gasteiger partial charge in [-0.05, 0) is 18.9 Å². The van der Waals surface area contributed by atoms with Gasteiger partial charge in [-0.25, -0.2) is 0 Å². The summed E-state index contributed by atoms with van der Waals surface area (Å²) >= 11 is 0. The molecule has 5 heteroatoms. The molecule has 0 rings (SSSR count). The smallest absolute Gasteiger partial charge is 0.228 e. The zero-order valence-corrected chi connectivity index (χ0v) is 8.22. The third-order valence-electron chi connectivity index (χ3n) is 1.80. The van der Waals surface area contributed by atoms with Crippen LogP contribution in [-0.4, -0.2) is 22.2 Å². The minimum absolute atomic E-state index is 0.254. The van der Waals surface area contributed by atoms with Gasteiger partial charge in [-0.15, -0.1) is 6.58 Å². The van der Waals surface area contributed by atoms with Crippen molar-refractivity contribution >= 4 is 0 Å². The Morgan fingerprint density at radius 1 is 1.64 bits per heavy atom. The Balaban J connectivity index is 4.02. The molecule has 2 unspecified atom stereocenters. The summed E-state index contributed by atoms with van der Waals surface area (Å²) in [5.74, 6) is 0. The molecule has 0 saturated heterocycles. The van der Waals surface area contributed by atoms with Gasteiger partial charge < -0.3 is 5.21 Å². The molecule has 0 aromatic heterocycles. The molecule has 2 atom stereocenters. The van der Waals surface area contributed by atoms with Gasteiger partial charge in [-0.2, -0.15) is 5.48 Å². The molecule has 0 heterocycles. The van der Waals surface area contributed by atoms with E-state index < -0.39 is 11.0 Å². The number of nitrogens with zero attached hydrogens (tertiary/aromatic N) is 1. The molecule has 0 aliphatic carbocycles. The van der Waals surface area contributed by atoms with Crippen LogP contribution < -0.4 is 5.48 Å². The van der Waals surface area contributed by atoms with Crippen molar-refractivity contribution in [3.63, 3.8) is 0 Å². The molecule has 0 radical (unpaired) electrons. The molecule has 0 saturated carbocycles. The Morgan fingerprint density at radius 3 is 2.71 bits per heavy atom. The quantitative estimate of drug-likeness (QED) is 0.371. The summed E-state index contributed by atoms with van der Waals surface area (Å²) in [6.45, 7) is 5.03. The molecular weight excluding hydrogens is 184 g/mol. The molecule has 0 aromatic carbocycles. The van der Waals surface area contributed by atoms with Gasteiger partial charge in [-0.1, -0.05) is 12.2 Å². The second kappa shape index (κ2) is 7.23. The molecule has 0 spiro atoms. The standard InChI is InChI=1S/C9H16N2O3/c1-3-4-5-9(10-12)7-6-8(2)11(13)14/h3,6-10,12H,1,4-5H2,2H3. The number of nitrogens with one attached hydrogen (secondary N) is 1. The van der Waals surface area contributed by atoms with Gasteiger partial charge >= 0.3 is 0 Å². The van der Waals surface area contributed by atoms with Crippen LogP contribution in [0.5, 0.6) is 0 Å². The first kappa shape index (κ1) is 12.8. The van der Waals surface area contributed by atoms with Crippen LogP contribution in [0.4, 0.5) is 0 Å². The lowest BCUT2D eigenvalue weighted by atomic mass is 10.1. The fraction of sp³-hybridized carbons (Fsp3) is 0.556. The maximum atomic E-state index is 10.3. The van der Waals surface area contributed by atoms with Crippen molar-refractivity contribution in [1.29, 1.82) is 0 Å². The van der Waals surface area contributed by atoms with E-state index >= 15 is 0 Å². The lowest BCUT2D eigenvalue weighted by Crippen LogP contribution is -2.24. The lowest BCUT2D eigenvalue weighted by Gasteiger charge is -2.08. The molecule has 5 nitrogen and oxygen atoms in total.